The number of piperidine rings is 1. The van der Waals surface area contributed by atoms with Crippen LogP contribution in [0.5, 0.6) is 0 Å². The molecule has 5 heteroatoms. The summed E-state index contributed by atoms with van der Waals surface area (Å²) in [6.07, 6.45) is 1.46. The second-order valence-corrected chi connectivity index (χ2v) is 7.09. The average molecular weight is 331 g/mol. The molecule has 0 radical (unpaired) electrons. The Morgan fingerprint density at radius 2 is 1.96 bits per heavy atom. The molecule has 3 unspecified atom stereocenters. The van der Waals surface area contributed by atoms with Crippen LogP contribution in [0.15, 0.2) is 30.3 Å². The third kappa shape index (κ3) is 5.34. The van der Waals surface area contributed by atoms with Crippen LogP contribution in [0.3, 0.4) is 0 Å². The highest BCUT2D eigenvalue weighted by Crippen LogP contribution is 2.17. The molecular formula is C19H29N3O2. The highest BCUT2D eigenvalue weighted by Gasteiger charge is 2.28. The van der Waals surface area contributed by atoms with E-state index < -0.39 is 6.04 Å². The first-order valence-electron chi connectivity index (χ1n) is 8.82. The lowest BCUT2D eigenvalue weighted by molar-refractivity contribution is -0.130. The van der Waals surface area contributed by atoms with Crippen LogP contribution in [-0.2, 0) is 9.59 Å². The molecule has 132 valence electrons. The summed E-state index contributed by atoms with van der Waals surface area (Å²) in [6, 6.07) is 8.88. The van der Waals surface area contributed by atoms with E-state index in [0.717, 1.165) is 25.1 Å². The van der Waals surface area contributed by atoms with E-state index in [0.29, 0.717) is 12.3 Å². The van der Waals surface area contributed by atoms with Crippen LogP contribution in [0.2, 0.25) is 0 Å². The maximum absolute atomic E-state index is 12.8. The van der Waals surface area contributed by atoms with Crippen molar-refractivity contribution in [2.45, 2.75) is 45.7 Å². The van der Waals surface area contributed by atoms with Crippen molar-refractivity contribution in [3.05, 3.63) is 35.9 Å². The van der Waals surface area contributed by atoms with Crippen molar-refractivity contribution < 1.29 is 9.59 Å². The Bertz CT molecular complexity index is 545. The molecule has 1 saturated heterocycles. The molecule has 0 saturated carbocycles. The van der Waals surface area contributed by atoms with Gasteiger partial charge in [0.1, 0.15) is 6.04 Å². The van der Waals surface area contributed by atoms with E-state index >= 15 is 0 Å². The Kier molecular flexibility index (Phi) is 6.79. The molecule has 3 atom stereocenters. The fourth-order valence-electron chi connectivity index (χ4n) is 2.99. The highest BCUT2D eigenvalue weighted by molar-refractivity contribution is 5.88. The van der Waals surface area contributed by atoms with E-state index in [2.05, 4.69) is 22.9 Å². The Labute approximate surface area is 144 Å². The second-order valence-electron chi connectivity index (χ2n) is 7.09. The van der Waals surface area contributed by atoms with Crippen LogP contribution >= 0.6 is 0 Å². The molecule has 1 aromatic rings. The number of carbonyl (C=O) groups excluding carboxylic acids is 2. The van der Waals surface area contributed by atoms with Crippen molar-refractivity contribution in [3.8, 4) is 0 Å². The lowest BCUT2D eigenvalue weighted by Crippen LogP contribution is -2.53. The van der Waals surface area contributed by atoms with Gasteiger partial charge < -0.3 is 16.0 Å². The number of rotatable bonds is 6. The van der Waals surface area contributed by atoms with Crippen LogP contribution < -0.4 is 16.0 Å². The summed E-state index contributed by atoms with van der Waals surface area (Å²) >= 11 is 0. The van der Waals surface area contributed by atoms with Gasteiger partial charge in [-0.25, -0.2) is 0 Å². The zero-order valence-corrected chi connectivity index (χ0v) is 14.8. The van der Waals surface area contributed by atoms with Gasteiger partial charge in [0, 0.05) is 19.0 Å². The highest BCUT2D eigenvalue weighted by atomic mass is 16.2. The maximum Gasteiger partial charge on any atom is 0.247 e. The molecule has 0 spiro atoms. The summed E-state index contributed by atoms with van der Waals surface area (Å²) in [5.74, 6) is 0.452. The van der Waals surface area contributed by atoms with Crippen molar-refractivity contribution in [2.24, 2.45) is 11.8 Å². The molecule has 1 fully saturated rings. The largest absolute Gasteiger partial charge is 0.350 e. The molecule has 24 heavy (non-hydrogen) atoms. The van der Waals surface area contributed by atoms with E-state index in [1.165, 1.54) is 0 Å². The van der Waals surface area contributed by atoms with E-state index in [9.17, 15) is 9.59 Å². The van der Waals surface area contributed by atoms with Gasteiger partial charge in [-0.05, 0) is 30.4 Å². The predicted octanol–water partition coefficient (Wildman–Crippen LogP) is 2.00. The lowest BCUT2D eigenvalue weighted by Gasteiger charge is -2.31. The van der Waals surface area contributed by atoms with Crippen molar-refractivity contribution in [3.63, 3.8) is 0 Å². The molecule has 0 bridgehead atoms. The van der Waals surface area contributed by atoms with Crippen LogP contribution in [0.1, 0.15) is 45.2 Å². The summed E-state index contributed by atoms with van der Waals surface area (Å²) in [4.78, 5) is 25.0. The molecule has 2 rings (SSSR count). The molecule has 1 aliphatic heterocycles. The first kappa shape index (κ1) is 18.5. The number of carbonyl (C=O) groups is 2. The van der Waals surface area contributed by atoms with Crippen LogP contribution in [0.25, 0.3) is 0 Å². The van der Waals surface area contributed by atoms with Crippen LogP contribution in [0.4, 0.5) is 0 Å². The van der Waals surface area contributed by atoms with E-state index in [-0.39, 0.29) is 23.8 Å². The lowest BCUT2D eigenvalue weighted by atomic mass is 9.94. The third-order valence-corrected chi connectivity index (χ3v) is 4.45. The van der Waals surface area contributed by atoms with Crippen molar-refractivity contribution in [1.82, 2.24) is 16.0 Å². The molecular weight excluding hydrogens is 302 g/mol. The normalized spacial score (nSPS) is 22.0. The Morgan fingerprint density at radius 3 is 2.58 bits per heavy atom. The number of amides is 2. The van der Waals surface area contributed by atoms with Gasteiger partial charge in [-0.3, -0.25) is 9.59 Å². The number of benzene rings is 1. The SMILES string of the molecule is CC(C)CC(=O)NC(C(=O)NC1CNCCC1C)c1ccccc1. The smallest absolute Gasteiger partial charge is 0.247 e. The van der Waals surface area contributed by atoms with Gasteiger partial charge in [0.15, 0.2) is 0 Å². The van der Waals surface area contributed by atoms with Gasteiger partial charge in [0.05, 0.1) is 0 Å². The van der Waals surface area contributed by atoms with Gasteiger partial charge in [-0.2, -0.15) is 0 Å². The number of nitrogens with one attached hydrogen (secondary N) is 3. The maximum atomic E-state index is 12.8. The molecule has 1 heterocycles. The summed E-state index contributed by atoms with van der Waals surface area (Å²) in [7, 11) is 0. The number of hydrogen-bond donors (Lipinski definition) is 3. The van der Waals surface area contributed by atoms with Gasteiger partial charge in [-0.15, -0.1) is 0 Å². The molecule has 3 N–H and O–H groups in total. The Balaban J connectivity index is 2.09. The van der Waals surface area contributed by atoms with Crippen LogP contribution in [0, 0.1) is 11.8 Å². The predicted molar refractivity (Wildman–Crippen MR) is 95.4 cm³/mol. The van der Waals surface area contributed by atoms with E-state index in [1.54, 1.807) is 0 Å². The molecule has 5 nitrogen and oxygen atoms in total. The molecule has 1 aliphatic rings. The first-order valence-corrected chi connectivity index (χ1v) is 8.82. The van der Waals surface area contributed by atoms with Gasteiger partial charge in [-0.1, -0.05) is 51.1 Å². The minimum Gasteiger partial charge on any atom is -0.350 e. The van der Waals surface area contributed by atoms with Crippen molar-refractivity contribution >= 4 is 11.8 Å². The van der Waals surface area contributed by atoms with E-state index in [1.807, 2.05) is 44.2 Å². The fourth-order valence-corrected chi connectivity index (χ4v) is 2.99. The standard InChI is InChI=1S/C19H29N3O2/c1-13(2)11-17(23)22-18(15-7-5-4-6-8-15)19(24)21-16-12-20-10-9-14(16)3/h4-8,13-14,16,18,20H,9-12H2,1-3H3,(H,21,24)(H,22,23). The molecule has 0 aromatic heterocycles. The minimum atomic E-state index is -0.647. The summed E-state index contributed by atoms with van der Waals surface area (Å²) in [5.41, 5.74) is 0.809. The zero-order chi connectivity index (χ0) is 17.5. The summed E-state index contributed by atoms with van der Waals surface area (Å²) in [6.45, 7) is 7.90. The van der Waals surface area contributed by atoms with Gasteiger partial charge in [0.2, 0.25) is 11.8 Å². The van der Waals surface area contributed by atoms with Crippen LogP contribution in [-0.4, -0.2) is 30.9 Å². The van der Waals surface area contributed by atoms with Crippen molar-refractivity contribution in [1.29, 1.82) is 0 Å². The topological polar surface area (TPSA) is 70.2 Å². The monoisotopic (exact) mass is 331 g/mol. The Morgan fingerprint density at radius 1 is 1.25 bits per heavy atom. The quantitative estimate of drug-likeness (QED) is 0.747. The first-order chi connectivity index (χ1) is 11.5. The molecule has 2 amide bonds. The van der Waals surface area contributed by atoms with Gasteiger partial charge in [0.25, 0.3) is 0 Å². The second kappa shape index (κ2) is 8.83. The minimum absolute atomic E-state index is 0.0937. The number of hydrogen-bond acceptors (Lipinski definition) is 3. The average Bonchev–Trinajstić information content (AvgIpc) is 2.55. The fraction of sp³-hybridized carbons (Fsp3) is 0.579. The zero-order valence-electron chi connectivity index (χ0n) is 14.8. The summed E-state index contributed by atoms with van der Waals surface area (Å²) < 4.78 is 0. The van der Waals surface area contributed by atoms with Gasteiger partial charge >= 0.3 is 0 Å². The summed E-state index contributed by atoms with van der Waals surface area (Å²) in [5, 5.41) is 9.32. The molecule has 1 aromatic carbocycles. The Hall–Kier alpha value is -1.88. The van der Waals surface area contributed by atoms with Crippen molar-refractivity contribution in [2.75, 3.05) is 13.1 Å². The third-order valence-electron chi connectivity index (χ3n) is 4.45. The molecule has 0 aliphatic carbocycles. The van der Waals surface area contributed by atoms with E-state index in [4.69, 9.17) is 0 Å².